The van der Waals surface area contributed by atoms with E-state index in [-0.39, 0.29) is 35.8 Å². The zero-order chi connectivity index (χ0) is 25.4. The lowest BCUT2D eigenvalue weighted by Gasteiger charge is -2.54. The summed E-state index contributed by atoms with van der Waals surface area (Å²) in [5, 5.41) is 9.03. The number of likely N-dealkylation sites (tertiary alicyclic amines) is 1. The molecule has 192 valence electrons. The van der Waals surface area contributed by atoms with Crippen LogP contribution in [0, 0.1) is 5.92 Å². The average Bonchev–Trinajstić information content (AvgIpc) is 2.86. The molecule has 1 amide bonds. The predicted octanol–water partition coefficient (Wildman–Crippen LogP) is 4.47. The van der Waals surface area contributed by atoms with E-state index < -0.39 is 18.2 Å². The van der Waals surface area contributed by atoms with Crippen molar-refractivity contribution < 1.29 is 33.6 Å². The van der Waals surface area contributed by atoms with Crippen molar-refractivity contribution in [2.45, 2.75) is 63.9 Å². The molecule has 0 aromatic heterocycles. The van der Waals surface area contributed by atoms with Crippen molar-refractivity contribution in [1.82, 2.24) is 4.90 Å². The molecule has 0 spiro atoms. The molecule has 2 aromatic rings. The number of nitrogens with zero attached hydrogens (tertiary/aromatic N) is 1. The van der Waals surface area contributed by atoms with Crippen molar-refractivity contribution in [3.8, 4) is 17.2 Å². The Hall–Kier alpha value is -3.26. The summed E-state index contributed by atoms with van der Waals surface area (Å²) in [5.74, 6) is 0.536. The first-order chi connectivity index (χ1) is 17.3. The van der Waals surface area contributed by atoms with Crippen LogP contribution in [0.4, 0.5) is 0 Å². The number of rotatable bonds is 6. The summed E-state index contributed by atoms with van der Waals surface area (Å²) in [6, 6.07) is 12.7. The topological polar surface area (TPSA) is 94.5 Å². The molecule has 3 aliphatic heterocycles. The highest BCUT2D eigenvalue weighted by Crippen LogP contribution is 2.54. The van der Waals surface area contributed by atoms with Crippen molar-refractivity contribution in [1.29, 1.82) is 0 Å². The van der Waals surface area contributed by atoms with Gasteiger partial charge in [0.15, 0.2) is 18.1 Å². The van der Waals surface area contributed by atoms with Crippen LogP contribution in [-0.4, -0.2) is 59.4 Å². The van der Waals surface area contributed by atoms with Gasteiger partial charge in [-0.25, -0.2) is 4.79 Å². The summed E-state index contributed by atoms with van der Waals surface area (Å²) in [4.78, 5) is 26.7. The van der Waals surface area contributed by atoms with Crippen LogP contribution in [-0.2, 0) is 9.53 Å². The Labute approximate surface area is 211 Å². The Morgan fingerprint density at radius 3 is 2.67 bits per heavy atom. The average molecular weight is 496 g/mol. The summed E-state index contributed by atoms with van der Waals surface area (Å²) in [7, 11) is 0. The van der Waals surface area contributed by atoms with Gasteiger partial charge in [0.1, 0.15) is 11.4 Å². The Morgan fingerprint density at radius 1 is 1.11 bits per heavy atom. The normalized spacial score (nSPS) is 26.0. The quantitative estimate of drug-likeness (QED) is 0.632. The van der Waals surface area contributed by atoms with E-state index in [1.54, 1.807) is 24.3 Å². The van der Waals surface area contributed by atoms with E-state index in [2.05, 4.69) is 13.8 Å². The van der Waals surface area contributed by atoms with Gasteiger partial charge >= 0.3 is 5.97 Å². The highest BCUT2D eigenvalue weighted by molar-refractivity contribution is 5.97. The third-order valence-corrected chi connectivity index (χ3v) is 7.50. The summed E-state index contributed by atoms with van der Waals surface area (Å²) < 4.78 is 24.6. The lowest BCUT2D eigenvalue weighted by atomic mass is 9.72. The number of para-hydroxylation sites is 2. The third kappa shape index (κ3) is 4.39. The van der Waals surface area contributed by atoms with Crippen molar-refractivity contribution in [2.24, 2.45) is 5.92 Å². The van der Waals surface area contributed by atoms with E-state index >= 15 is 0 Å². The summed E-state index contributed by atoms with van der Waals surface area (Å²) in [6.45, 7) is 6.76. The van der Waals surface area contributed by atoms with Gasteiger partial charge in [-0.2, -0.15) is 0 Å². The molecule has 3 heterocycles. The Morgan fingerprint density at radius 2 is 1.89 bits per heavy atom. The first kappa shape index (κ1) is 24.4. The van der Waals surface area contributed by atoms with Gasteiger partial charge in [-0.1, -0.05) is 24.3 Å². The Bertz CT molecular complexity index is 1150. The second kappa shape index (κ2) is 9.65. The number of fused-ring (bicyclic) bond motifs is 4. The monoisotopic (exact) mass is 495 g/mol. The van der Waals surface area contributed by atoms with Crippen molar-refractivity contribution in [3.05, 3.63) is 53.6 Å². The Kier molecular flexibility index (Phi) is 6.55. The number of amides is 1. The summed E-state index contributed by atoms with van der Waals surface area (Å²) >= 11 is 0. The number of ether oxygens (including phenoxy) is 4. The van der Waals surface area contributed by atoms with Gasteiger partial charge < -0.3 is 29.0 Å². The number of aliphatic carboxylic acids is 1. The minimum Gasteiger partial charge on any atom is -0.490 e. The van der Waals surface area contributed by atoms with Crippen LogP contribution in [0.2, 0.25) is 0 Å². The van der Waals surface area contributed by atoms with E-state index in [4.69, 9.17) is 24.1 Å². The molecular formula is C28H33NO7. The van der Waals surface area contributed by atoms with Crippen molar-refractivity contribution in [2.75, 3.05) is 19.8 Å². The maximum Gasteiger partial charge on any atom is 0.341 e. The molecule has 3 aliphatic rings. The summed E-state index contributed by atoms with van der Waals surface area (Å²) in [5.41, 5.74) is 0.844. The zero-order valence-electron chi connectivity index (χ0n) is 20.9. The molecule has 2 fully saturated rings. The molecule has 36 heavy (non-hydrogen) atoms. The van der Waals surface area contributed by atoms with E-state index in [1.807, 2.05) is 30.0 Å². The van der Waals surface area contributed by atoms with E-state index in [9.17, 15) is 9.59 Å². The fourth-order valence-corrected chi connectivity index (χ4v) is 5.85. The molecule has 0 saturated carbocycles. The molecule has 0 aliphatic carbocycles. The minimum atomic E-state index is -1.09. The van der Waals surface area contributed by atoms with Gasteiger partial charge in [-0.15, -0.1) is 0 Å². The number of carboxylic acids is 1. The molecule has 4 atom stereocenters. The molecular weight excluding hydrogens is 462 g/mol. The number of carboxylic acid groups (broad SMARTS) is 1. The second-order valence-corrected chi connectivity index (χ2v) is 10.1. The largest absolute Gasteiger partial charge is 0.490 e. The molecule has 1 N–H and O–H groups in total. The van der Waals surface area contributed by atoms with Crippen LogP contribution in [0.15, 0.2) is 42.5 Å². The predicted molar refractivity (Wildman–Crippen MR) is 132 cm³/mol. The van der Waals surface area contributed by atoms with Crippen molar-refractivity contribution >= 4 is 11.9 Å². The fourth-order valence-electron chi connectivity index (χ4n) is 5.85. The first-order valence-electron chi connectivity index (χ1n) is 12.6. The molecule has 0 unspecified atom stereocenters. The molecule has 8 heteroatoms. The van der Waals surface area contributed by atoms with Crippen molar-refractivity contribution in [3.63, 3.8) is 0 Å². The molecule has 2 saturated heterocycles. The van der Waals surface area contributed by atoms with E-state index in [0.717, 1.165) is 36.3 Å². The van der Waals surface area contributed by atoms with Gasteiger partial charge in [0.25, 0.3) is 5.91 Å². The number of hydrogen-bond donors (Lipinski definition) is 1. The lowest BCUT2D eigenvalue weighted by molar-refractivity contribution is -0.184. The maximum absolute atomic E-state index is 13.8. The van der Waals surface area contributed by atoms with Gasteiger partial charge in [-0.05, 0) is 58.2 Å². The third-order valence-electron chi connectivity index (χ3n) is 7.50. The highest BCUT2D eigenvalue weighted by atomic mass is 16.5. The molecule has 0 bridgehead atoms. The highest BCUT2D eigenvalue weighted by Gasteiger charge is 2.53. The number of piperidine rings is 1. The van der Waals surface area contributed by atoms with E-state index in [1.165, 1.54) is 0 Å². The second-order valence-electron chi connectivity index (χ2n) is 10.1. The van der Waals surface area contributed by atoms with E-state index in [0.29, 0.717) is 18.7 Å². The summed E-state index contributed by atoms with van der Waals surface area (Å²) in [6.07, 6.45) is 2.19. The van der Waals surface area contributed by atoms with Crippen LogP contribution >= 0.6 is 0 Å². The van der Waals surface area contributed by atoms with Gasteiger partial charge in [0.2, 0.25) is 0 Å². The van der Waals surface area contributed by atoms with Gasteiger partial charge in [0, 0.05) is 18.0 Å². The zero-order valence-corrected chi connectivity index (χ0v) is 20.9. The molecule has 8 nitrogen and oxygen atoms in total. The molecule has 0 radical (unpaired) electrons. The Balaban J connectivity index is 1.44. The van der Waals surface area contributed by atoms with Gasteiger partial charge in [-0.3, -0.25) is 4.79 Å². The smallest absolute Gasteiger partial charge is 0.341 e. The molecule has 2 aromatic carbocycles. The van der Waals surface area contributed by atoms with Gasteiger partial charge in [0.05, 0.1) is 30.4 Å². The number of hydrogen-bond acceptors (Lipinski definition) is 6. The number of benzene rings is 2. The SMILES string of the molecule is CCOc1cccc2c1OC(C)(C)[C@@H]1C[C@@H]3[C@@H](CCCN3C(=O)c3ccccc3OCC(=O)O)O[C@@H]21. The number of carbonyl (C=O) groups is 2. The molecule has 5 rings (SSSR count). The first-order valence-corrected chi connectivity index (χ1v) is 12.6. The van der Waals surface area contributed by atoms with Crippen LogP contribution < -0.4 is 14.2 Å². The van der Waals surface area contributed by atoms with Crippen LogP contribution in [0.1, 0.15) is 62.1 Å². The maximum atomic E-state index is 13.8. The number of carbonyl (C=O) groups excluding carboxylic acids is 1. The van der Waals surface area contributed by atoms with Crippen LogP contribution in [0.5, 0.6) is 17.2 Å². The minimum absolute atomic E-state index is 0.0371. The van der Waals surface area contributed by atoms with Crippen LogP contribution in [0.25, 0.3) is 0 Å². The standard InChI is InChI=1S/C28H33NO7/c1-4-33-23-12-7-10-18-25-19(28(2,3)36-26(18)23)15-20-22(35-25)13-8-14-29(20)27(32)17-9-5-6-11-21(17)34-16-24(30)31/h5-7,9-12,19-20,22,25H,4,8,13-16H2,1-3H3,(H,30,31)/t19-,20-,22-,25+/m1/s1. The van der Waals surface area contributed by atoms with Crippen LogP contribution in [0.3, 0.4) is 0 Å². The lowest BCUT2D eigenvalue weighted by Crippen LogP contribution is -2.60. The fraction of sp³-hybridized carbons (Fsp3) is 0.500.